The van der Waals surface area contributed by atoms with E-state index in [2.05, 4.69) is 0 Å². The van der Waals surface area contributed by atoms with Gasteiger partial charge in [0.15, 0.2) is 0 Å². The number of esters is 1. The summed E-state index contributed by atoms with van der Waals surface area (Å²) < 4.78 is 4.80. The number of rotatable bonds is 5. The Kier molecular flexibility index (Phi) is 5.27. The van der Waals surface area contributed by atoms with Gasteiger partial charge in [-0.05, 0) is 24.1 Å². The van der Waals surface area contributed by atoms with Crippen molar-refractivity contribution in [2.75, 3.05) is 6.61 Å². The van der Waals surface area contributed by atoms with Crippen molar-refractivity contribution in [3.63, 3.8) is 0 Å². The first-order chi connectivity index (χ1) is 9.03. The number of nitrogens with zero attached hydrogens (tertiary/aromatic N) is 2. The molecule has 0 amide bonds. The molecule has 0 fully saturated rings. The number of halogens is 1. The van der Waals surface area contributed by atoms with Crippen LogP contribution in [-0.4, -0.2) is 17.5 Å². The predicted molar refractivity (Wildman–Crippen MR) is 67.7 cm³/mol. The molecule has 0 aliphatic carbocycles. The first-order valence-corrected chi connectivity index (χ1v) is 5.98. The number of nitro groups is 1. The van der Waals surface area contributed by atoms with Gasteiger partial charge in [-0.3, -0.25) is 14.9 Å². The van der Waals surface area contributed by atoms with Crippen LogP contribution < -0.4 is 0 Å². The standard InChI is InChI=1S/C12H11ClN2O4/c1-2-19-12(16)5-8-3-10(7-14)11(15(17)18)4-9(8)6-13/h3-4H,2,5-6H2,1H3. The maximum absolute atomic E-state index is 11.4. The first kappa shape index (κ1) is 14.9. The highest BCUT2D eigenvalue weighted by Gasteiger charge is 2.19. The van der Waals surface area contributed by atoms with Crippen LogP contribution in [0.1, 0.15) is 23.6 Å². The lowest BCUT2D eigenvalue weighted by Gasteiger charge is -2.08. The van der Waals surface area contributed by atoms with Gasteiger partial charge >= 0.3 is 5.97 Å². The van der Waals surface area contributed by atoms with E-state index in [1.807, 2.05) is 0 Å². The Morgan fingerprint density at radius 2 is 2.21 bits per heavy atom. The van der Waals surface area contributed by atoms with Gasteiger partial charge in [-0.2, -0.15) is 5.26 Å². The van der Waals surface area contributed by atoms with E-state index < -0.39 is 10.9 Å². The zero-order valence-corrected chi connectivity index (χ0v) is 10.9. The molecule has 6 nitrogen and oxygen atoms in total. The fourth-order valence-corrected chi connectivity index (χ4v) is 1.82. The van der Waals surface area contributed by atoms with E-state index in [1.165, 1.54) is 12.1 Å². The van der Waals surface area contributed by atoms with E-state index in [9.17, 15) is 14.9 Å². The Hall–Kier alpha value is -2.13. The number of hydrogen-bond donors (Lipinski definition) is 0. The summed E-state index contributed by atoms with van der Waals surface area (Å²) >= 11 is 5.71. The summed E-state index contributed by atoms with van der Waals surface area (Å²) in [6.07, 6.45) is -0.0669. The molecule has 1 rings (SSSR count). The minimum Gasteiger partial charge on any atom is -0.466 e. The molecular weight excluding hydrogens is 272 g/mol. The van der Waals surface area contributed by atoms with Crippen LogP contribution in [-0.2, 0) is 21.8 Å². The highest BCUT2D eigenvalue weighted by molar-refractivity contribution is 6.17. The SMILES string of the molecule is CCOC(=O)Cc1cc(C#N)c([N+](=O)[O-])cc1CCl. The maximum atomic E-state index is 11.4. The van der Waals surface area contributed by atoms with Gasteiger partial charge in [0.1, 0.15) is 11.6 Å². The van der Waals surface area contributed by atoms with Crippen molar-refractivity contribution < 1.29 is 14.5 Å². The predicted octanol–water partition coefficient (Wildman–Crippen LogP) is 2.31. The number of benzene rings is 1. The molecule has 0 radical (unpaired) electrons. The van der Waals surface area contributed by atoms with Crippen LogP contribution in [0.4, 0.5) is 5.69 Å². The van der Waals surface area contributed by atoms with E-state index in [1.54, 1.807) is 13.0 Å². The van der Waals surface area contributed by atoms with Gasteiger partial charge in [0.05, 0.1) is 18.0 Å². The molecule has 1 aromatic carbocycles. The molecule has 0 atom stereocenters. The van der Waals surface area contributed by atoms with Crippen LogP contribution in [0, 0.1) is 21.4 Å². The summed E-state index contributed by atoms with van der Waals surface area (Å²) in [4.78, 5) is 21.6. The highest BCUT2D eigenvalue weighted by Crippen LogP contribution is 2.25. The molecule has 0 unspecified atom stereocenters. The third-order valence-electron chi connectivity index (χ3n) is 2.42. The molecule has 0 heterocycles. The minimum atomic E-state index is -0.650. The van der Waals surface area contributed by atoms with Crippen molar-refractivity contribution in [2.24, 2.45) is 0 Å². The van der Waals surface area contributed by atoms with Gasteiger partial charge in [-0.1, -0.05) is 0 Å². The van der Waals surface area contributed by atoms with Crippen molar-refractivity contribution >= 4 is 23.3 Å². The number of carbonyl (C=O) groups excluding carboxylic acids is 1. The molecule has 0 aliphatic rings. The minimum absolute atomic E-state index is 0.0152. The van der Waals surface area contributed by atoms with Crippen LogP contribution in [0.3, 0.4) is 0 Å². The summed E-state index contributed by atoms with van der Waals surface area (Å²) in [5.41, 5.74) is 0.500. The molecule has 0 aromatic heterocycles. The molecule has 0 bridgehead atoms. The Balaban J connectivity index is 3.21. The number of ether oxygens (including phenoxy) is 1. The van der Waals surface area contributed by atoms with Gasteiger partial charge in [0.25, 0.3) is 5.69 Å². The second-order valence-corrected chi connectivity index (χ2v) is 3.89. The number of nitriles is 1. The molecule has 19 heavy (non-hydrogen) atoms. The number of carbonyl (C=O) groups is 1. The second kappa shape index (κ2) is 6.71. The maximum Gasteiger partial charge on any atom is 0.310 e. The summed E-state index contributed by atoms with van der Waals surface area (Å²) in [7, 11) is 0. The lowest BCUT2D eigenvalue weighted by molar-refractivity contribution is -0.385. The molecule has 0 spiro atoms. The van der Waals surface area contributed by atoms with Crippen molar-refractivity contribution in [3.05, 3.63) is 38.9 Å². The van der Waals surface area contributed by atoms with Gasteiger partial charge in [-0.15, -0.1) is 11.6 Å². The fraction of sp³-hybridized carbons (Fsp3) is 0.333. The number of nitro benzene ring substituents is 1. The number of alkyl halides is 1. The molecule has 0 saturated heterocycles. The second-order valence-electron chi connectivity index (χ2n) is 3.62. The van der Waals surface area contributed by atoms with Gasteiger partial charge in [-0.25, -0.2) is 0 Å². The van der Waals surface area contributed by atoms with Crippen molar-refractivity contribution in [1.82, 2.24) is 0 Å². The average Bonchev–Trinajstić information content (AvgIpc) is 2.38. The van der Waals surface area contributed by atoms with Crippen LogP contribution in [0.2, 0.25) is 0 Å². The molecule has 0 aliphatic heterocycles. The zero-order valence-electron chi connectivity index (χ0n) is 10.2. The van der Waals surface area contributed by atoms with Crippen LogP contribution in [0.5, 0.6) is 0 Å². The summed E-state index contributed by atoms with van der Waals surface area (Å²) in [5, 5.41) is 19.7. The van der Waals surface area contributed by atoms with Gasteiger partial charge in [0.2, 0.25) is 0 Å². The third-order valence-corrected chi connectivity index (χ3v) is 2.71. The summed E-state index contributed by atoms with van der Waals surface area (Å²) in [6.45, 7) is 1.92. The van der Waals surface area contributed by atoms with Crippen molar-refractivity contribution in [1.29, 1.82) is 5.26 Å². The summed E-state index contributed by atoms with van der Waals surface area (Å²) in [6, 6.07) is 4.27. The largest absolute Gasteiger partial charge is 0.466 e. The topological polar surface area (TPSA) is 93.2 Å². The Morgan fingerprint density at radius 3 is 2.68 bits per heavy atom. The number of hydrogen-bond acceptors (Lipinski definition) is 5. The highest BCUT2D eigenvalue weighted by atomic mass is 35.5. The van der Waals surface area contributed by atoms with E-state index in [0.717, 1.165) is 0 Å². The van der Waals surface area contributed by atoms with Crippen LogP contribution in [0.25, 0.3) is 0 Å². The Morgan fingerprint density at radius 1 is 1.53 bits per heavy atom. The molecule has 0 saturated carbocycles. The average molecular weight is 283 g/mol. The van der Waals surface area contributed by atoms with Crippen molar-refractivity contribution in [3.8, 4) is 6.07 Å². The quantitative estimate of drug-likeness (QED) is 0.357. The third kappa shape index (κ3) is 3.66. The Bertz CT molecular complexity index is 551. The van der Waals surface area contributed by atoms with Gasteiger partial charge < -0.3 is 4.74 Å². The zero-order chi connectivity index (χ0) is 14.4. The lowest BCUT2D eigenvalue weighted by atomic mass is 10.0. The molecular formula is C12H11ClN2O4. The van der Waals surface area contributed by atoms with Crippen LogP contribution in [0.15, 0.2) is 12.1 Å². The molecule has 7 heteroatoms. The monoisotopic (exact) mass is 282 g/mol. The first-order valence-electron chi connectivity index (χ1n) is 5.45. The Labute approximate surface area is 114 Å². The van der Waals surface area contributed by atoms with E-state index in [0.29, 0.717) is 11.1 Å². The smallest absolute Gasteiger partial charge is 0.310 e. The fourth-order valence-electron chi connectivity index (χ4n) is 1.57. The van der Waals surface area contributed by atoms with Crippen molar-refractivity contribution in [2.45, 2.75) is 19.2 Å². The normalized spacial score (nSPS) is 9.74. The van der Waals surface area contributed by atoms with E-state index >= 15 is 0 Å². The van der Waals surface area contributed by atoms with E-state index in [4.69, 9.17) is 21.6 Å². The van der Waals surface area contributed by atoms with Gasteiger partial charge in [0, 0.05) is 11.9 Å². The van der Waals surface area contributed by atoms with E-state index in [-0.39, 0.29) is 30.2 Å². The summed E-state index contributed by atoms with van der Waals surface area (Å²) in [5.74, 6) is -0.451. The molecule has 100 valence electrons. The molecule has 1 aromatic rings. The molecule has 0 N–H and O–H groups in total. The van der Waals surface area contributed by atoms with Crippen LogP contribution >= 0.6 is 11.6 Å². The lowest BCUT2D eigenvalue weighted by Crippen LogP contribution is -2.10.